The lowest BCUT2D eigenvalue weighted by molar-refractivity contribution is -0.136. The minimum Gasteiger partial charge on any atom is -0.481 e. The number of ether oxygens (including phenoxy) is 4. The average molecular weight is 406 g/mol. The Labute approximate surface area is 169 Å². The number of nitrogens with zero attached hydrogens (tertiary/aromatic N) is 2. The maximum Gasteiger partial charge on any atom is 0.410 e. The van der Waals surface area contributed by atoms with Crippen LogP contribution in [0.4, 0.5) is 4.79 Å². The van der Waals surface area contributed by atoms with Crippen molar-refractivity contribution in [2.24, 2.45) is 0 Å². The van der Waals surface area contributed by atoms with Crippen molar-refractivity contribution in [3.63, 3.8) is 0 Å². The first kappa shape index (κ1) is 22.2. The molecule has 1 aromatic rings. The van der Waals surface area contributed by atoms with Crippen molar-refractivity contribution in [2.75, 3.05) is 34.4 Å². The summed E-state index contributed by atoms with van der Waals surface area (Å²) in [6.07, 6.45) is -0.266. The number of carbonyl (C=O) groups excluding carboxylic acids is 3. The summed E-state index contributed by atoms with van der Waals surface area (Å²) in [6.45, 7) is 5.54. The molecule has 1 amide bonds. The molecule has 0 spiro atoms. The fourth-order valence-electron chi connectivity index (χ4n) is 2.88. The molecular formula is C20H26N2O7. The van der Waals surface area contributed by atoms with Crippen LogP contribution < -0.4 is 4.74 Å². The third-order valence-electron chi connectivity index (χ3n) is 4.20. The van der Waals surface area contributed by atoms with Gasteiger partial charge in [-0.3, -0.25) is 0 Å². The molecule has 158 valence electrons. The van der Waals surface area contributed by atoms with Gasteiger partial charge in [-0.25, -0.2) is 19.4 Å². The number of carbonyl (C=O) groups is 3. The van der Waals surface area contributed by atoms with Crippen molar-refractivity contribution in [3.8, 4) is 5.88 Å². The molecule has 0 radical (unpaired) electrons. The minimum atomic E-state index is -0.668. The number of pyridine rings is 1. The van der Waals surface area contributed by atoms with Crippen molar-refractivity contribution in [1.29, 1.82) is 0 Å². The number of rotatable bonds is 4. The topological polar surface area (TPSA) is 104 Å². The summed E-state index contributed by atoms with van der Waals surface area (Å²) in [5, 5.41) is 0. The molecule has 0 aromatic carbocycles. The van der Waals surface area contributed by atoms with Crippen molar-refractivity contribution in [1.82, 2.24) is 9.88 Å². The predicted molar refractivity (Wildman–Crippen MR) is 103 cm³/mol. The van der Waals surface area contributed by atoms with Gasteiger partial charge in [0.25, 0.3) is 0 Å². The molecule has 1 aliphatic rings. The molecule has 2 heterocycles. The third kappa shape index (κ3) is 5.24. The van der Waals surface area contributed by atoms with Gasteiger partial charge in [0, 0.05) is 12.6 Å². The van der Waals surface area contributed by atoms with Gasteiger partial charge in [0.15, 0.2) is 0 Å². The van der Waals surface area contributed by atoms with Gasteiger partial charge in [0.2, 0.25) is 5.88 Å². The molecule has 0 saturated carbocycles. The zero-order valence-corrected chi connectivity index (χ0v) is 17.5. The van der Waals surface area contributed by atoms with Gasteiger partial charge in [-0.2, -0.15) is 0 Å². The Balaban J connectivity index is 2.53. The SMILES string of the molecule is COC(=O)C1=C(c2nc(OC)ccc2C(=O)OC)CCN(C(=O)OC(C)(C)C)C1. The highest BCUT2D eigenvalue weighted by Gasteiger charge is 2.33. The second kappa shape index (κ2) is 8.93. The van der Waals surface area contributed by atoms with Crippen molar-refractivity contribution < 1.29 is 33.3 Å². The molecule has 0 aliphatic carbocycles. The maximum absolute atomic E-state index is 12.5. The molecule has 9 heteroatoms. The molecule has 0 fully saturated rings. The van der Waals surface area contributed by atoms with Crippen molar-refractivity contribution >= 4 is 23.6 Å². The Morgan fingerprint density at radius 2 is 1.69 bits per heavy atom. The molecule has 0 N–H and O–H groups in total. The van der Waals surface area contributed by atoms with Gasteiger partial charge in [-0.1, -0.05) is 0 Å². The van der Waals surface area contributed by atoms with E-state index in [0.29, 0.717) is 5.57 Å². The second-order valence-electron chi connectivity index (χ2n) is 7.34. The van der Waals surface area contributed by atoms with Crippen LogP contribution in [0.25, 0.3) is 5.57 Å². The van der Waals surface area contributed by atoms with Gasteiger partial charge in [-0.05, 0) is 38.8 Å². The van der Waals surface area contributed by atoms with E-state index in [1.807, 2.05) is 0 Å². The highest BCUT2D eigenvalue weighted by molar-refractivity contribution is 6.02. The lowest BCUT2D eigenvalue weighted by Crippen LogP contribution is -2.42. The Bertz CT molecular complexity index is 840. The van der Waals surface area contributed by atoms with Crippen LogP contribution in [0.1, 0.15) is 43.2 Å². The molecular weight excluding hydrogens is 380 g/mol. The number of hydrogen-bond acceptors (Lipinski definition) is 8. The molecule has 0 atom stereocenters. The Morgan fingerprint density at radius 1 is 1.03 bits per heavy atom. The van der Waals surface area contributed by atoms with Gasteiger partial charge in [0.1, 0.15) is 5.60 Å². The molecule has 1 aromatic heterocycles. The number of aromatic nitrogens is 1. The van der Waals surface area contributed by atoms with Crippen LogP contribution in [0.5, 0.6) is 5.88 Å². The first-order chi connectivity index (χ1) is 13.6. The van der Waals surface area contributed by atoms with E-state index in [9.17, 15) is 14.4 Å². The lowest BCUT2D eigenvalue weighted by Gasteiger charge is -2.32. The summed E-state index contributed by atoms with van der Waals surface area (Å²) in [7, 11) is 3.96. The first-order valence-corrected chi connectivity index (χ1v) is 9.03. The number of amides is 1. The number of esters is 2. The molecule has 2 rings (SSSR count). The highest BCUT2D eigenvalue weighted by Crippen LogP contribution is 2.31. The van der Waals surface area contributed by atoms with Crippen molar-refractivity contribution in [3.05, 3.63) is 29.0 Å². The van der Waals surface area contributed by atoms with E-state index in [1.165, 1.54) is 38.4 Å². The van der Waals surface area contributed by atoms with Crippen LogP contribution in [0, 0.1) is 0 Å². The van der Waals surface area contributed by atoms with Gasteiger partial charge >= 0.3 is 18.0 Å². The molecule has 0 bridgehead atoms. The van der Waals surface area contributed by atoms with Gasteiger partial charge in [-0.15, -0.1) is 0 Å². The van der Waals surface area contributed by atoms with Crippen LogP contribution in [-0.4, -0.2) is 67.9 Å². The smallest absolute Gasteiger partial charge is 0.410 e. The maximum atomic E-state index is 12.5. The predicted octanol–water partition coefficient (Wildman–Crippen LogP) is 2.44. The second-order valence-corrected chi connectivity index (χ2v) is 7.34. The quantitative estimate of drug-likeness (QED) is 0.555. The standard InChI is InChI=1S/C20H26N2O7/c1-20(2,3)29-19(25)22-10-9-12(14(11-22)18(24)28-6)16-13(17(23)27-5)7-8-15(21-16)26-4/h7-8H,9-11H2,1-6H3. The zero-order chi connectivity index (χ0) is 21.8. The van der Waals surface area contributed by atoms with E-state index in [-0.39, 0.29) is 42.2 Å². The Morgan fingerprint density at radius 3 is 2.24 bits per heavy atom. The van der Waals surface area contributed by atoms with Crippen LogP contribution in [0.2, 0.25) is 0 Å². The van der Waals surface area contributed by atoms with Crippen molar-refractivity contribution in [2.45, 2.75) is 32.8 Å². The van der Waals surface area contributed by atoms with Crippen LogP contribution >= 0.6 is 0 Å². The number of hydrogen-bond donors (Lipinski definition) is 0. The van der Waals surface area contributed by atoms with E-state index in [2.05, 4.69) is 4.98 Å². The van der Waals surface area contributed by atoms with Gasteiger partial charge < -0.3 is 23.8 Å². The molecule has 1 aliphatic heterocycles. The van der Waals surface area contributed by atoms with E-state index < -0.39 is 23.6 Å². The molecule has 0 saturated heterocycles. The highest BCUT2D eigenvalue weighted by atomic mass is 16.6. The fourth-order valence-corrected chi connectivity index (χ4v) is 2.88. The van der Waals surface area contributed by atoms with Crippen LogP contribution in [0.3, 0.4) is 0 Å². The molecule has 0 unspecified atom stereocenters. The van der Waals surface area contributed by atoms with E-state index in [1.54, 1.807) is 20.8 Å². The van der Waals surface area contributed by atoms with Crippen LogP contribution in [-0.2, 0) is 19.0 Å². The largest absolute Gasteiger partial charge is 0.481 e. The van der Waals surface area contributed by atoms with Gasteiger partial charge in [0.05, 0.1) is 44.7 Å². The van der Waals surface area contributed by atoms with Crippen LogP contribution in [0.15, 0.2) is 17.7 Å². The Hall–Kier alpha value is -3.10. The number of methoxy groups -OCH3 is 3. The summed E-state index contributed by atoms with van der Waals surface area (Å²) in [4.78, 5) is 42.9. The Kier molecular flexibility index (Phi) is 6.84. The fraction of sp³-hybridized carbons (Fsp3) is 0.500. The zero-order valence-electron chi connectivity index (χ0n) is 17.5. The summed E-state index contributed by atoms with van der Waals surface area (Å²) >= 11 is 0. The lowest BCUT2D eigenvalue weighted by atomic mass is 9.94. The summed E-state index contributed by atoms with van der Waals surface area (Å²) in [5.74, 6) is -0.936. The summed E-state index contributed by atoms with van der Waals surface area (Å²) < 4.78 is 20.3. The average Bonchev–Trinajstić information content (AvgIpc) is 2.70. The third-order valence-corrected chi connectivity index (χ3v) is 4.20. The minimum absolute atomic E-state index is 0.0313. The monoisotopic (exact) mass is 406 g/mol. The normalized spacial score (nSPS) is 14.3. The molecule has 9 nitrogen and oxygen atoms in total. The first-order valence-electron chi connectivity index (χ1n) is 9.03. The molecule has 29 heavy (non-hydrogen) atoms. The van der Waals surface area contributed by atoms with E-state index in [4.69, 9.17) is 18.9 Å². The van der Waals surface area contributed by atoms with E-state index in [0.717, 1.165) is 0 Å². The summed E-state index contributed by atoms with van der Waals surface area (Å²) in [6, 6.07) is 3.05. The van der Waals surface area contributed by atoms with E-state index >= 15 is 0 Å². The summed E-state index contributed by atoms with van der Waals surface area (Å²) in [5.41, 5.74) is 0.501.